The summed E-state index contributed by atoms with van der Waals surface area (Å²) >= 11 is 1.11. The minimum Gasteiger partial charge on any atom is -0.438 e. The van der Waals surface area contributed by atoms with Crippen LogP contribution in [0.1, 0.15) is 11.1 Å². The van der Waals surface area contributed by atoms with Gasteiger partial charge < -0.3 is 8.94 Å². The lowest BCUT2D eigenvalue weighted by molar-refractivity contribution is -0.113. The summed E-state index contributed by atoms with van der Waals surface area (Å²) in [7, 11) is 0. The van der Waals surface area contributed by atoms with Gasteiger partial charge in [-0.25, -0.2) is 0 Å². The molecule has 7 nitrogen and oxygen atoms in total. The Morgan fingerprint density at radius 2 is 1.61 bits per heavy atom. The molecule has 2 heterocycles. The average Bonchev–Trinajstić information content (AvgIpc) is 3.54. The standard InChI is InChI=1S/C28H20N4O3S/c1-18-12-14-21(15-13-18)26-31-28(35-32-26)36-17-23(33)30-27-22(16-29)24(19-8-4-2-5-9-19)25(34-27)20-10-6-3-7-11-20/h2-15H,17H2,1H3,(H,30,33). The van der Waals surface area contributed by atoms with E-state index in [1.54, 1.807) is 0 Å². The molecule has 0 bridgehead atoms. The second kappa shape index (κ2) is 10.3. The Morgan fingerprint density at radius 3 is 2.28 bits per heavy atom. The van der Waals surface area contributed by atoms with Crippen LogP contribution in [-0.2, 0) is 4.79 Å². The fourth-order valence-corrected chi connectivity index (χ4v) is 4.24. The summed E-state index contributed by atoms with van der Waals surface area (Å²) in [5, 5.41) is 17.0. The van der Waals surface area contributed by atoms with Crippen molar-refractivity contribution in [3.05, 3.63) is 96.1 Å². The molecule has 0 atom stereocenters. The lowest BCUT2D eigenvalue weighted by Crippen LogP contribution is -2.14. The van der Waals surface area contributed by atoms with Crippen molar-refractivity contribution in [1.29, 1.82) is 5.26 Å². The van der Waals surface area contributed by atoms with Crippen LogP contribution in [-0.4, -0.2) is 21.8 Å². The third kappa shape index (κ3) is 4.92. The summed E-state index contributed by atoms with van der Waals surface area (Å²) in [4.78, 5) is 17.1. The third-order valence-electron chi connectivity index (χ3n) is 5.42. The number of benzene rings is 3. The van der Waals surface area contributed by atoms with Gasteiger partial charge in [0.15, 0.2) is 0 Å². The van der Waals surface area contributed by atoms with E-state index in [0.717, 1.165) is 34.0 Å². The Kier molecular flexibility index (Phi) is 6.65. The van der Waals surface area contributed by atoms with E-state index in [1.165, 1.54) is 0 Å². The van der Waals surface area contributed by atoms with Crippen molar-refractivity contribution in [2.45, 2.75) is 12.1 Å². The monoisotopic (exact) mass is 492 g/mol. The Hall–Kier alpha value is -4.61. The fourth-order valence-electron chi connectivity index (χ4n) is 3.68. The SMILES string of the molecule is Cc1ccc(-c2noc(SCC(=O)Nc3oc(-c4ccccc4)c(-c4ccccc4)c3C#N)n2)cc1. The highest BCUT2D eigenvalue weighted by atomic mass is 32.2. The van der Waals surface area contributed by atoms with Crippen molar-refractivity contribution >= 4 is 23.6 Å². The summed E-state index contributed by atoms with van der Waals surface area (Å²) in [5.74, 6) is 0.713. The first kappa shape index (κ1) is 23.1. The molecule has 0 aliphatic rings. The van der Waals surface area contributed by atoms with Crippen molar-refractivity contribution in [1.82, 2.24) is 10.1 Å². The quantitative estimate of drug-likeness (QED) is 0.256. The van der Waals surface area contributed by atoms with Gasteiger partial charge >= 0.3 is 0 Å². The second-order valence-corrected chi connectivity index (χ2v) is 8.87. The molecule has 0 fully saturated rings. The molecule has 0 aliphatic carbocycles. The van der Waals surface area contributed by atoms with Gasteiger partial charge in [0.05, 0.1) is 5.75 Å². The first-order valence-corrected chi connectivity index (χ1v) is 12.1. The number of hydrogen-bond acceptors (Lipinski definition) is 7. The molecule has 5 rings (SSSR count). The Balaban J connectivity index is 1.36. The zero-order valence-electron chi connectivity index (χ0n) is 19.3. The topological polar surface area (TPSA) is 105 Å². The van der Waals surface area contributed by atoms with E-state index in [9.17, 15) is 10.1 Å². The van der Waals surface area contributed by atoms with Gasteiger partial charge in [-0.1, -0.05) is 107 Å². The fraction of sp³-hybridized carbons (Fsp3) is 0.0714. The smallest absolute Gasteiger partial charge is 0.286 e. The zero-order chi connectivity index (χ0) is 24.9. The number of carbonyl (C=O) groups is 1. The van der Waals surface area contributed by atoms with Crippen molar-refractivity contribution in [2.24, 2.45) is 0 Å². The van der Waals surface area contributed by atoms with Gasteiger partial charge in [0.1, 0.15) is 17.4 Å². The number of nitrogens with one attached hydrogen (secondary N) is 1. The normalized spacial score (nSPS) is 10.7. The van der Waals surface area contributed by atoms with Crippen molar-refractivity contribution < 1.29 is 13.7 Å². The van der Waals surface area contributed by atoms with Gasteiger partial charge in [-0.2, -0.15) is 10.2 Å². The van der Waals surface area contributed by atoms with Crippen LogP contribution in [0.5, 0.6) is 0 Å². The van der Waals surface area contributed by atoms with Crippen LogP contribution >= 0.6 is 11.8 Å². The molecule has 0 saturated carbocycles. The molecule has 3 aromatic carbocycles. The third-order valence-corrected chi connectivity index (χ3v) is 6.23. The second-order valence-electron chi connectivity index (χ2n) is 7.94. The highest BCUT2D eigenvalue weighted by Crippen LogP contribution is 2.41. The number of hydrogen-bond donors (Lipinski definition) is 1. The van der Waals surface area contributed by atoms with Gasteiger partial charge in [-0.3, -0.25) is 10.1 Å². The van der Waals surface area contributed by atoms with Gasteiger partial charge in [0.25, 0.3) is 5.22 Å². The summed E-state index contributed by atoms with van der Waals surface area (Å²) < 4.78 is 11.3. The number of carbonyl (C=O) groups excluding carboxylic acids is 1. The molecule has 0 radical (unpaired) electrons. The van der Waals surface area contributed by atoms with E-state index in [-0.39, 0.29) is 28.3 Å². The number of furan rings is 1. The number of nitrogens with zero attached hydrogens (tertiary/aromatic N) is 3. The van der Waals surface area contributed by atoms with Crippen LogP contribution in [0, 0.1) is 18.3 Å². The van der Waals surface area contributed by atoms with E-state index in [4.69, 9.17) is 8.94 Å². The van der Waals surface area contributed by atoms with Crippen LogP contribution in [0.2, 0.25) is 0 Å². The molecule has 36 heavy (non-hydrogen) atoms. The number of amides is 1. The lowest BCUT2D eigenvalue weighted by Gasteiger charge is -2.03. The molecule has 8 heteroatoms. The molecule has 1 amide bonds. The Bertz CT molecular complexity index is 1540. The predicted octanol–water partition coefficient (Wildman–Crippen LogP) is 6.57. The molecular weight excluding hydrogens is 472 g/mol. The Morgan fingerprint density at radius 1 is 0.944 bits per heavy atom. The number of aromatic nitrogens is 2. The number of anilines is 1. The van der Waals surface area contributed by atoms with Gasteiger partial charge in [0.2, 0.25) is 17.6 Å². The van der Waals surface area contributed by atoms with Crippen LogP contribution in [0.4, 0.5) is 5.88 Å². The molecule has 5 aromatic rings. The maximum Gasteiger partial charge on any atom is 0.286 e. The highest BCUT2D eigenvalue weighted by Gasteiger charge is 2.24. The van der Waals surface area contributed by atoms with Crippen molar-refractivity contribution in [3.63, 3.8) is 0 Å². The van der Waals surface area contributed by atoms with E-state index < -0.39 is 0 Å². The van der Waals surface area contributed by atoms with Gasteiger partial charge in [-0.15, -0.1) is 0 Å². The summed E-state index contributed by atoms with van der Waals surface area (Å²) in [6.07, 6.45) is 0. The van der Waals surface area contributed by atoms with E-state index in [1.807, 2.05) is 91.9 Å². The summed E-state index contributed by atoms with van der Waals surface area (Å²) in [5.41, 5.74) is 4.48. The average molecular weight is 493 g/mol. The first-order chi connectivity index (χ1) is 17.6. The summed E-state index contributed by atoms with van der Waals surface area (Å²) in [6, 6.07) is 28.9. The largest absolute Gasteiger partial charge is 0.438 e. The minimum atomic E-state index is -0.362. The molecule has 0 spiro atoms. The minimum absolute atomic E-state index is 0.00242. The molecular formula is C28H20N4O3S. The first-order valence-electron chi connectivity index (χ1n) is 11.1. The van der Waals surface area contributed by atoms with Crippen LogP contribution < -0.4 is 5.32 Å². The maximum atomic E-state index is 12.8. The number of thioether (sulfide) groups is 1. The van der Waals surface area contributed by atoms with Gasteiger partial charge in [-0.05, 0) is 12.5 Å². The summed E-state index contributed by atoms with van der Waals surface area (Å²) in [6.45, 7) is 2.00. The molecule has 176 valence electrons. The van der Waals surface area contributed by atoms with Crippen LogP contribution in [0.25, 0.3) is 33.8 Å². The Labute approximate surface area is 211 Å². The molecule has 1 N–H and O–H groups in total. The van der Waals surface area contributed by atoms with E-state index >= 15 is 0 Å². The number of rotatable bonds is 7. The number of aryl methyl sites for hydroxylation is 1. The molecule has 2 aromatic heterocycles. The van der Waals surface area contributed by atoms with Gasteiger partial charge in [0, 0.05) is 16.7 Å². The van der Waals surface area contributed by atoms with E-state index in [2.05, 4.69) is 21.5 Å². The van der Waals surface area contributed by atoms with E-state index in [0.29, 0.717) is 17.1 Å². The maximum absolute atomic E-state index is 12.8. The number of nitriles is 1. The predicted molar refractivity (Wildman–Crippen MR) is 138 cm³/mol. The van der Waals surface area contributed by atoms with Crippen molar-refractivity contribution in [3.8, 4) is 39.9 Å². The molecule has 0 saturated heterocycles. The lowest BCUT2D eigenvalue weighted by atomic mass is 9.98. The highest BCUT2D eigenvalue weighted by molar-refractivity contribution is 7.99. The zero-order valence-corrected chi connectivity index (χ0v) is 20.1. The molecule has 0 aliphatic heterocycles. The van der Waals surface area contributed by atoms with Crippen LogP contribution in [0.3, 0.4) is 0 Å². The van der Waals surface area contributed by atoms with Crippen molar-refractivity contribution in [2.75, 3.05) is 11.1 Å². The van der Waals surface area contributed by atoms with Crippen LogP contribution in [0.15, 0.2) is 99.1 Å². The molecule has 0 unspecified atom stereocenters.